The molecule has 0 radical (unpaired) electrons. The summed E-state index contributed by atoms with van der Waals surface area (Å²) in [6, 6.07) is 17.9. The smallest absolute Gasteiger partial charge is 0.295 e. The van der Waals surface area contributed by atoms with Gasteiger partial charge in [-0.05, 0) is 79.3 Å². The minimum atomic E-state index is -0.675. The molecule has 37 heavy (non-hydrogen) atoms. The summed E-state index contributed by atoms with van der Waals surface area (Å²) in [4.78, 5) is 29.3. The normalized spacial score (nSPS) is 14.9. The second kappa shape index (κ2) is 9.77. The molecule has 0 saturated heterocycles. The van der Waals surface area contributed by atoms with Crippen molar-refractivity contribution in [3.05, 3.63) is 98.9 Å². The van der Waals surface area contributed by atoms with Crippen LogP contribution in [0.3, 0.4) is 0 Å². The molecule has 1 atom stereocenters. The molecule has 190 valence electrons. The monoisotopic (exact) mass is 497 g/mol. The SMILES string of the molecule is COc1cc(C2c3c(oc4cc(C)c(C)cc4c3=O)C(=O)N2c2ccccc2)ccc1OCCC(C)C. The molecule has 0 saturated carbocycles. The van der Waals surface area contributed by atoms with Crippen LogP contribution in [0.5, 0.6) is 11.5 Å². The van der Waals surface area contributed by atoms with Crippen molar-refractivity contribution in [2.75, 3.05) is 18.6 Å². The zero-order valence-corrected chi connectivity index (χ0v) is 21.8. The summed E-state index contributed by atoms with van der Waals surface area (Å²) in [5, 5.41) is 0.468. The third kappa shape index (κ3) is 4.37. The molecule has 1 aliphatic rings. The van der Waals surface area contributed by atoms with Crippen LogP contribution in [0.25, 0.3) is 11.0 Å². The van der Waals surface area contributed by atoms with Gasteiger partial charge in [-0.1, -0.05) is 38.1 Å². The fourth-order valence-electron chi connectivity index (χ4n) is 4.78. The van der Waals surface area contributed by atoms with Crippen molar-refractivity contribution in [1.29, 1.82) is 0 Å². The zero-order chi connectivity index (χ0) is 26.3. The van der Waals surface area contributed by atoms with Gasteiger partial charge in [0, 0.05) is 5.69 Å². The van der Waals surface area contributed by atoms with Crippen molar-refractivity contribution >= 4 is 22.6 Å². The van der Waals surface area contributed by atoms with Gasteiger partial charge in [0.05, 0.1) is 30.7 Å². The molecule has 6 nitrogen and oxygen atoms in total. The number of fused-ring (bicyclic) bond motifs is 2. The minimum absolute atomic E-state index is 0.0748. The number of anilines is 1. The third-order valence-corrected chi connectivity index (χ3v) is 6.98. The van der Waals surface area contributed by atoms with Crippen LogP contribution >= 0.6 is 0 Å². The number of carbonyl (C=O) groups is 1. The summed E-state index contributed by atoms with van der Waals surface area (Å²) in [5.74, 6) is 1.42. The Morgan fingerprint density at radius 3 is 2.38 bits per heavy atom. The number of para-hydroxylation sites is 1. The van der Waals surface area contributed by atoms with E-state index in [0.717, 1.165) is 23.1 Å². The van der Waals surface area contributed by atoms with Crippen molar-refractivity contribution in [3.63, 3.8) is 0 Å². The minimum Gasteiger partial charge on any atom is -0.493 e. The van der Waals surface area contributed by atoms with E-state index in [1.807, 2.05) is 74.5 Å². The summed E-state index contributed by atoms with van der Waals surface area (Å²) in [5.41, 5.74) is 3.95. The molecule has 1 aliphatic heterocycles. The summed E-state index contributed by atoms with van der Waals surface area (Å²) in [6.07, 6.45) is 0.921. The molecule has 2 heterocycles. The maximum Gasteiger partial charge on any atom is 0.295 e. The fourth-order valence-corrected chi connectivity index (χ4v) is 4.78. The standard InChI is InChI=1S/C31H31NO5/c1-18(2)13-14-36-24-12-11-21(17-26(24)35-5)28-27-29(33)23-15-19(3)20(4)16-25(23)37-30(27)31(34)32(28)22-9-7-6-8-10-22/h6-12,15-18,28H,13-14H2,1-5H3. The van der Waals surface area contributed by atoms with Gasteiger partial charge in [-0.15, -0.1) is 0 Å². The van der Waals surface area contributed by atoms with E-state index in [4.69, 9.17) is 13.9 Å². The number of methoxy groups -OCH3 is 1. The second-order valence-electron chi connectivity index (χ2n) is 9.96. The van der Waals surface area contributed by atoms with Gasteiger partial charge in [-0.25, -0.2) is 0 Å². The van der Waals surface area contributed by atoms with E-state index in [0.29, 0.717) is 46.2 Å². The zero-order valence-electron chi connectivity index (χ0n) is 21.8. The van der Waals surface area contributed by atoms with Crippen LogP contribution in [0, 0.1) is 19.8 Å². The molecule has 0 aliphatic carbocycles. The fraction of sp³-hybridized carbons (Fsp3) is 0.290. The van der Waals surface area contributed by atoms with Crippen LogP contribution in [0.1, 0.15) is 59.1 Å². The number of ether oxygens (including phenoxy) is 2. The van der Waals surface area contributed by atoms with Gasteiger partial charge in [0.15, 0.2) is 16.9 Å². The summed E-state index contributed by atoms with van der Waals surface area (Å²) in [6.45, 7) is 8.79. The van der Waals surface area contributed by atoms with Crippen LogP contribution < -0.4 is 19.8 Å². The second-order valence-corrected chi connectivity index (χ2v) is 9.96. The van der Waals surface area contributed by atoms with Gasteiger partial charge in [0.2, 0.25) is 5.76 Å². The Balaban J connectivity index is 1.69. The van der Waals surface area contributed by atoms with E-state index in [9.17, 15) is 9.59 Å². The molecule has 3 aromatic carbocycles. The molecule has 0 spiro atoms. The number of carbonyl (C=O) groups excluding carboxylic acids is 1. The lowest BCUT2D eigenvalue weighted by molar-refractivity contribution is 0.0971. The average Bonchev–Trinajstić information content (AvgIpc) is 3.18. The average molecular weight is 498 g/mol. The number of hydrogen-bond acceptors (Lipinski definition) is 5. The molecule has 4 aromatic rings. The Morgan fingerprint density at radius 1 is 0.946 bits per heavy atom. The lowest BCUT2D eigenvalue weighted by Gasteiger charge is -2.26. The highest BCUT2D eigenvalue weighted by molar-refractivity contribution is 6.10. The van der Waals surface area contributed by atoms with Gasteiger partial charge >= 0.3 is 0 Å². The molecule has 0 fully saturated rings. The van der Waals surface area contributed by atoms with Crippen LogP contribution in [0.15, 0.2) is 69.9 Å². The first-order valence-corrected chi connectivity index (χ1v) is 12.6. The lowest BCUT2D eigenvalue weighted by atomic mass is 9.97. The van der Waals surface area contributed by atoms with Crippen molar-refractivity contribution in [2.24, 2.45) is 5.92 Å². The Hall–Kier alpha value is -4.06. The summed E-state index contributed by atoms with van der Waals surface area (Å²) in [7, 11) is 1.59. The third-order valence-electron chi connectivity index (χ3n) is 6.98. The predicted molar refractivity (Wildman–Crippen MR) is 145 cm³/mol. The van der Waals surface area contributed by atoms with E-state index < -0.39 is 6.04 Å². The topological polar surface area (TPSA) is 69.0 Å². The maximum absolute atomic E-state index is 13.9. The van der Waals surface area contributed by atoms with E-state index in [2.05, 4.69) is 13.8 Å². The van der Waals surface area contributed by atoms with Crippen molar-refractivity contribution in [3.8, 4) is 11.5 Å². The Labute approximate surface area is 216 Å². The highest BCUT2D eigenvalue weighted by Gasteiger charge is 2.44. The summed E-state index contributed by atoms with van der Waals surface area (Å²) >= 11 is 0. The highest BCUT2D eigenvalue weighted by atomic mass is 16.5. The van der Waals surface area contributed by atoms with Gasteiger partial charge in [-0.3, -0.25) is 14.5 Å². The molecule has 1 aromatic heterocycles. The molecule has 1 unspecified atom stereocenters. The number of amides is 1. The first kappa shape index (κ1) is 24.6. The molecular weight excluding hydrogens is 466 g/mol. The van der Waals surface area contributed by atoms with Crippen LogP contribution in [-0.2, 0) is 0 Å². The van der Waals surface area contributed by atoms with Gasteiger partial charge in [-0.2, -0.15) is 0 Å². The number of benzene rings is 3. The quantitative estimate of drug-likeness (QED) is 0.288. The largest absolute Gasteiger partial charge is 0.493 e. The number of nitrogens with zero attached hydrogens (tertiary/aromatic N) is 1. The van der Waals surface area contributed by atoms with Crippen molar-refractivity contribution in [2.45, 2.75) is 40.2 Å². The van der Waals surface area contributed by atoms with E-state index >= 15 is 0 Å². The Kier molecular flexibility index (Phi) is 6.50. The van der Waals surface area contributed by atoms with E-state index in [1.165, 1.54) is 0 Å². The number of hydrogen-bond donors (Lipinski definition) is 0. The Bertz CT molecular complexity index is 1540. The van der Waals surface area contributed by atoms with Crippen molar-refractivity contribution in [1.82, 2.24) is 0 Å². The molecule has 6 heteroatoms. The van der Waals surface area contributed by atoms with Crippen LogP contribution in [-0.4, -0.2) is 19.6 Å². The van der Waals surface area contributed by atoms with Gasteiger partial charge in [0.25, 0.3) is 5.91 Å². The van der Waals surface area contributed by atoms with Gasteiger partial charge < -0.3 is 13.9 Å². The predicted octanol–water partition coefficient (Wildman–Crippen LogP) is 6.59. The first-order chi connectivity index (χ1) is 17.8. The molecule has 5 rings (SSSR count). The van der Waals surface area contributed by atoms with Crippen LogP contribution in [0.2, 0.25) is 0 Å². The van der Waals surface area contributed by atoms with E-state index in [1.54, 1.807) is 12.0 Å². The maximum atomic E-state index is 13.9. The van der Waals surface area contributed by atoms with E-state index in [-0.39, 0.29) is 17.1 Å². The molecule has 1 amide bonds. The number of aryl methyl sites for hydroxylation is 2. The molecule has 0 bridgehead atoms. The molecule has 0 N–H and O–H groups in total. The Morgan fingerprint density at radius 2 is 1.68 bits per heavy atom. The lowest BCUT2D eigenvalue weighted by Crippen LogP contribution is -2.29. The summed E-state index contributed by atoms with van der Waals surface area (Å²) < 4.78 is 17.8. The van der Waals surface area contributed by atoms with Gasteiger partial charge in [0.1, 0.15) is 5.58 Å². The van der Waals surface area contributed by atoms with Crippen LogP contribution in [0.4, 0.5) is 5.69 Å². The first-order valence-electron chi connectivity index (χ1n) is 12.6. The highest BCUT2D eigenvalue weighted by Crippen LogP contribution is 2.43. The van der Waals surface area contributed by atoms with Crippen molar-refractivity contribution < 1.29 is 18.7 Å². The number of rotatable bonds is 7. The molecular formula is C31H31NO5.